The lowest BCUT2D eigenvalue weighted by molar-refractivity contribution is 0.0243. The molecule has 1 aliphatic carbocycles. The van der Waals surface area contributed by atoms with Gasteiger partial charge in [-0.1, -0.05) is 22.0 Å². The molecule has 3 fully saturated rings. The van der Waals surface area contributed by atoms with Gasteiger partial charge in [-0.05, 0) is 49.3 Å². The van der Waals surface area contributed by atoms with Crippen LogP contribution in [0.4, 0.5) is 0 Å². The quantitative estimate of drug-likeness (QED) is 0.863. The summed E-state index contributed by atoms with van der Waals surface area (Å²) in [7, 11) is 0. The van der Waals surface area contributed by atoms with Gasteiger partial charge < -0.3 is 4.90 Å². The summed E-state index contributed by atoms with van der Waals surface area (Å²) < 4.78 is 1.06. The number of carbonyl (C=O) groups excluding carboxylic acids is 1. The fourth-order valence-corrected chi connectivity index (χ4v) is 4.36. The Balaban J connectivity index is 1.65. The van der Waals surface area contributed by atoms with E-state index in [1.165, 1.54) is 25.7 Å². The minimum absolute atomic E-state index is 0.196. The lowest BCUT2D eigenvalue weighted by Gasteiger charge is -2.47. The van der Waals surface area contributed by atoms with E-state index in [-0.39, 0.29) is 12.1 Å². The molecule has 5 rings (SSSR count). The van der Waals surface area contributed by atoms with Crippen LogP contribution in [0.2, 0.25) is 0 Å². The highest BCUT2D eigenvalue weighted by molar-refractivity contribution is 9.10. The van der Waals surface area contributed by atoms with Crippen LogP contribution in [-0.4, -0.2) is 23.0 Å². The third-order valence-electron chi connectivity index (χ3n) is 4.90. The molecule has 19 heavy (non-hydrogen) atoms. The highest BCUT2D eigenvalue weighted by atomic mass is 79.9. The van der Waals surface area contributed by atoms with Gasteiger partial charge in [-0.25, -0.2) is 0 Å². The van der Waals surface area contributed by atoms with Gasteiger partial charge in [-0.15, -0.1) is 0 Å². The van der Waals surface area contributed by atoms with E-state index in [0.717, 1.165) is 22.1 Å². The molecule has 4 heteroatoms. The van der Waals surface area contributed by atoms with Gasteiger partial charge in [0.15, 0.2) is 0 Å². The molecule has 0 aromatic heterocycles. The number of hydrogen-bond donors (Lipinski definition) is 1. The molecule has 1 atom stereocenters. The van der Waals surface area contributed by atoms with Crippen molar-refractivity contribution in [2.75, 3.05) is 0 Å². The monoisotopic (exact) mass is 320 g/mol. The van der Waals surface area contributed by atoms with Gasteiger partial charge in [-0.2, -0.15) is 0 Å². The lowest BCUT2D eigenvalue weighted by Crippen LogP contribution is -2.60. The predicted octanol–water partition coefficient (Wildman–Crippen LogP) is 2.89. The molecule has 0 radical (unpaired) electrons. The van der Waals surface area contributed by atoms with Crippen molar-refractivity contribution in [2.45, 2.75) is 44.4 Å². The van der Waals surface area contributed by atoms with Crippen molar-refractivity contribution in [1.82, 2.24) is 10.2 Å². The summed E-state index contributed by atoms with van der Waals surface area (Å²) in [4.78, 5) is 14.6. The molecule has 1 N–H and O–H groups in total. The first-order chi connectivity index (χ1) is 9.24. The van der Waals surface area contributed by atoms with Crippen LogP contribution < -0.4 is 5.32 Å². The van der Waals surface area contributed by atoms with E-state index in [4.69, 9.17) is 0 Å². The number of rotatable bonds is 1. The average Bonchev–Trinajstić information content (AvgIpc) is 2.79. The van der Waals surface area contributed by atoms with Crippen molar-refractivity contribution >= 4 is 21.8 Å². The number of carbonyl (C=O) groups is 1. The third-order valence-corrected chi connectivity index (χ3v) is 5.64. The molecule has 3 heterocycles. The molecule has 1 amide bonds. The summed E-state index contributed by atoms with van der Waals surface area (Å²) in [6.07, 6.45) is 5.34. The van der Waals surface area contributed by atoms with Crippen LogP contribution >= 0.6 is 15.9 Å². The second-order valence-corrected chi connectivity index (χ2v) is 6.78. The number of piperidine rings is 2. The number of nitrogens with zero attached hydrogens (tertiary/aromatic N) is 1. The number of benzene rings is 1. The first kappa shape index (κ1) is 11.9. The molecule has 2 saturated heterocycles. The zero-order valence-electron chi connectivity index (χ0n) is 10.7. The standard InChI is InChI=1S/C15H17BrN2O/c16-13-3-1-2-11-12(13)8-18(15(11)19)14-9-4-6-10(17-14)7-5-9/h1-3,9-10,14,17H,4-8H2. The van der Waals surface area contributed by atoms with Gasteiger partial charge in [0.05, 0.1) is 6.17 Å². The van der Waals surface area contributed by atoms with Crippen LogP contribution in [0.5, 0.6) is 0 Å². The molecule has 4 aliphatic rings. The van der Waals surface area contributed by atoms with E-state index in [2.05, 4.69) is 21.2 Å². The highest BCUT2D eigenvalue weighted by Gasteiger charge is 2.42. The number of hydrogen-bond acceptors (Lipinski definition) is 2. The smallest absolute Gasteiger partial charge is 0.255 e. The molecule has 1 unspecified atom stereocenters. The van der Waals surface area contributed by atoms with Crippen LogP contribution in [-0.2, 0) is 6.54 Å². The normalized spacial score (nSPS) is 32.8. The topological polar surface area (TPSA) is 32.3 Å². The summed E-state index contributed by atoms with van der Waals surface area (Å²) >= 11 is 3.57. The zero-order chi connectivity index (χ0) is 13.0. The second-order valence-electron chi connectivity index (χ2n) is 5.92. The fraction of sp³-hybridized carbons (Fsp3) is 0.533. The molecule has 3 aliphatic heterocycles. The average molecular weight is 321 g/mol. The summed E-state index contributed by atoms with van der Waals surface area (Å²) in [6, 6.07) is 6.54. The van der Waals surface area contributed by atoms with Crippen molar-refractivity contribution in [3.63, 3.8) is 0 Å². The van der Waals surface area contributed by atoms with Crippen molar-refractivity contribution in [3.05, 3.63) is 33.8 Å². The fourth-order valence-electron chi connectivity index (χ4n) is 3.86. The van der Waals surface area contributed by atoms with E-state index in [0.29, 0.717) is 12.0 Å². The van der Waals surface area contributed by atoms with Gasteiger partial charge in [0.1, 0.15) is 0 Å². The highest BCUT2D eigenvalue weighted by Crippen LogP contribution is 2.38. The number of nitrogens with one attached hydrogen (secondary N) is 1. The van der Waals surface area contributed by atoms with Crippen LogP contribution in [0.25, 0.3) is 0 Å². The molecular formula is C15H17BrN2O. The zero-order valence-corrected chi connectivity index (χ0v) is 12.3. The molecule has 1 aromatic carbocycles. The summed E-state index contributed by atoms with van der Waals surface area (Å²) in [5, 5.41) is 3.67. The number of fused-ring (bicyclic) bond motifs is 4. The first-order valence-corrected chi connectivity index (χ1v) is 7.88. The molecule has 0 spiro atoms. The Morgan fingerprint density at radius 2 is 2.00 bits per heavy atom. The second kappa shape index (κ2) is 4.32. The van der Waals surface area contributed by atoms with Gasteiger partial charge in [0.25, 0.3) is 5.91 Å². The van der Waals surface area contributed by atoms with Crippen LogP contribution in [0, 0.1) is 5.92 Å². The molecule has 1 aromatic rings. The Morgan fingerprint density at radius 3 is 2.63 bits per heavy atom. The van der Waals surface area contributed by atoms with E-state index in [9.17, 15) is 4.79 Å². The van der Waals surface area contributed by atoms with E-state index in [1.807, 2.05) is 23.1 Å². The molecule has 100 valence electrons. The van der Waals surface area contributed by atoms with E-state index >= 15 is 0 Å². The van der Waals surface area contributed by atoms with Crippen LogP contribution in [0.1, 0.15) is 41.6 Å². The minimum Gasteiger partial charge on any atom is -0.318 e. The summed E-state index contributed by atoms with van der Waals surface area (Å²) in [6.45, 7) is 0.747. The maximum Gasteiger partial charge on any atom is 0.255 e. The summed E-state index contributed by atoms with van der Waals surface area (Å²) in [5.74, 6) is 0.836. The predicted molar refractivity (Wildman–Crippen MR) is 76.7 cm³/mol. The third kappa shape index (κ3) is 1.77. The lowest BCUT2D eigenvalue weighted by atomic mass is 9.79. The Hall–Kier alpha value is -0.870. The first-order valence-electron chi connectivity index (χ1n) is 7.08. The largest absolute Gasteiger partial charge is 0.318 e. The van der Waals surface area contributed by atoms with Crippen LogP contribution in [0.15, 0.2) is 22.7 Å². The number of amides is 1. The SMILES string of the molecule is O=C1c2cccc(Br)c2CN1C1NC2CCC1CC2. The Morgan fingerprint density at radius 1 is 1.21 bits per heavy atom. The molecule has 2 bridgehead atoms. The Labute approximate surface area is 121 Å². The van der Waals surface area contributed by atoms with E-state index < -0.39 is 0 Å². The molecular weight excluding hydrogens is 304 g/mol. The van der Waals surface area contributed by atoms with Crippen molar-refractivity contribution in [3.8, 4) is 0 Å². The Kier molecular flexibility index (Phi) is 2.71. The maximum absolute atomic E-state index is 12.6. The molecule has 1 saturated carbocycles. The summed E-state index contributed by atoms with van der Waals surface area (Å²) in [5.41, 5.74) is 2.02. The van der Waals surface area contributed by atoms with Gasteiger partial charge in [0.2, 0.25) is 0 Å². The van der Waals surface area contributed by atoms with Crippen molar-refractivity contribution < 1.29 is 4.79 Å². The van der Waals surface area contributed by atoms with Crippen molar-refractivity contribution in [2.24, 2.45) is 5.92 Å². The molecule has 3 nitrogen and oxygen atoms in total. The van der Waals surface area contributed by atoms with Gasteiger partial charge in [0, 0.05) is 22.6 Å². The van der Waals surface area contributed by atoms with Crippen LogP contribution in [0.3, 0.4) is 0 Å². The van der Waals surface area contributed by atoms with E-state index in [1.54, 1.807) is 0 Å². The Bertz CT molecular complexity index is 537. The van der Waals surface area contributed by atoms with Gasteiger partial charge >= 0.3 is 0 Å². The van der Waals surface area contributed by atoms with Crippen molar-refractivity contribution in [1.29, 1.82) is 0 Å². The van der Waals surface area contributed by atoms with Gasteiger partial charge in [-0.3, -0.25) is 10.1 Å². The maximum atomic E-state index is 12.6. The minimum atomic E-state index is 0.196. The number of halogens is 1.